The van der Waals surface area contributed by atoms with Gasteiger partial charge in [-0.05, 0) is 93.9 Å². The third-order valence-electron chi connectivity index (χ3n) is 7.36. The van der Waals surface area contributed by atoms with E-state index in [1.807, 2.05) is 0 Å². The van der Waals surface area contributed by atoms with Gasteiger partial charge < -0.3 is 0 Å². The molecule has 0 aromatic heterocycles. The molecule has 0 saturated carbocycles. The molecule has 0 nitrogen and oxygen atoms in total. The molecule has 0 radical (unpaired) electrons. The molecule has 0 bridgehead atoms. The summed E-state index contributed by atoms with van der Waals surface area (Å²) in [6.45, 7) is 31.6. The average molecular weight is 515 g/mol. The van der Waals surface area contributed by atoms with Gasteiger partial charge in [-0.3, -0.25) is 0 Å². The molecule has 3 rings (SSSR count). The summed E-state index contributed by atoms with van der Waals surface area (Å²) in [5, 5.41) is 0. The highest BCUT2D eigenvalue weighted by molar-refractivity contribution is 5.43. The Balaban J connectivity index is 0.000000286. The Morgan fingerprint density at radius 2 is 0.526 bits per heavy atom. The fraction of sp³-hybridized carbons (Fsp3) is 0.526. The minimum atomic E-state index is 0.632. The van der Waals surface area contributed by atoms with E-state index in [9.17, 15) is 0 Å². The molecular formula is C38H58. The van der Waals surface area contributed by atoms with Crippen molar-refractivity contribution >= 4 is 0 Å². The molecule has 3 aromatic carbocycles. The second-order valence-electron chi connectivity index (χ2n) is 12.7. The second kappa shape index (κ2) is 15.9. The summed E-state index contributed by atoms with van der Waals surface area (Å²) in [6.07, 6.45) is 0. The van der Waals surface area contributed by atoms with Crippen LogP contribution in [0.2, 0.25) is 0 Å². The molecule has 0 aliphatic carbocycles. The zero-order valence-electron chi connectivity index (χ0n) is 27.2. The summed E-state index contributed by atoms with van der Waals surface area (Å²) in [5.74, 6) is 3.83. The first-order chi connectivity index (χ1) is 17.7. The van der Waals surface area contributed by atoms with Crippen molar-refractivity contribution in [3.63, 3.8) is 0 Å². The van der Waals surface area contributed by atoms with Crippen LogP contribution in [0.3, 0.4) is 0 Å². The SMILES string of the molecule is CC(C)c1ccccc1C(C)C.CC(C)c1ccccc1C(C)C.Cc1ccc(C)c(C(C)C)c1C(C)C. The molecule has 210 valence electrons. The van der Waals surface area contributed by atoms with E-state index in [1.165, 1.54) is 33.4 Å². The van der Waals surface area contributed by atoms with E-state index < -0.39 is 0 Å². The highest BCUT2D eigenvalue weighted by Gasteiger charge is 2.14. The molecule has 0 aliphatic rings. The van der Waals surface area contributed by atoms with Gasteiger partial charge >= 0.3 is 0 Å². The standard InChI is InChI=1S/C14H22.2C12H18/c1-9(2)13-11(5)7-8-12(6)14(13)10(3)4;2*1-9(2)11-7-5-6-8-12(11)10(3)4/h7-10H,1-6H3;2*5-10H,1-4H3. The van der Waals surface area contributed by atoms with Crippen LogP contribution in [0.4, 0.5) is 0 Å². The molecule has 0 fully saturated rings. The lowest BCUT2D eigenvalue weighted by molar-refractivity contribution is 0.776. The fourth-order valence-electron chi connectivity index (χ4n) is 5.51. The van der Waals surface area contributed by atoms with Gasteiger partial charge in [-0.1, -0.05) is 144 Å². The Morgan fingerprint density at radius 3 is 0.684 bits per heavy atom. The van der Waals surface area contributed by atoms with Crippen molar-refractivity contribution in [1.82, 2.24) is 0 Å². The van der Waals surface area contributed by atoms with Gasteiger partial charge in [-0.15, -0.1) is 0 Å². The van der Waals surface area contributed by atoms with Gasteiger partial charge in [0.1, 0.15) is 0 Å². The Kier molecular flexibility index (Phi) is 14.1. The zero-order valence-corrected chi connectivity index (χ0v) is 27.2. The first-order valence-electron chi connectivity index (χ1n) is 15.0. The van der Waals surface area contributed by atoms with Crippen LogP contribution in [0.25, 0.3) is 0 Å². The summed E-state index contributed by atoms with van der Waals surface area (Å²) in [7, 11) is 0. The molecule has 0 N–H and O–H groups in total. The molecule has 0 heteroatoms. The van der Waals surface area contributed by atoms with Crippen molar-refractivity contribution in [1.29, 1.82) is 0 Å². The molecule has 0 atom stereocenters. The van der Waals surface area contributed by atoms with Crippen molar-refractivity contribution in [2.45, 2.75) is 132 Å². The fourth-order valence-corrected chi connectivity index (χ4v) is 5.51. The number of benzene rings is 3. The smallest absolute Gasteiger partial charge is 0.0213 e. The minimum Gasteiger partial charge on any atom is -0.0620 e. The van der Waals surface area contributed by atoms with Gasteiger partial charge in [0.25, 0.3) is 0 Å². The predicted molar refractivity (Wildman–Crippen MR) is 173 cm³/mol. The molecule has 0 amide bonds. The second-order valence-corrected chi connectivity index (χ2v) is 12.7. The van der Waals surface area contributed by atoms with Crippen molar-refractivity contribution in [2.24, 2.45) is 0 Å². The van der Waals surface area contributed by atoms with Gasteiger partial charge in [0.15, 0.2) is 0 Å². The lowest BCUT2D eigenvalue weighted by Crippen LogP contribution is -2.03. The van der Waals surface area contributed by atoms with Crippen LogP contribution in [-0.4, -0.2) is 0 Å². The van der Waals surface area contributed by atoms with Gasteiger partial charge in [-0.2, -0.15) is 0 Å². The molecule has 3 aromatic rings. The minimum absolute atomic E-state index is 0.632. The van der Waals surface area contributed by atoms with E-state index in [1.54, 1.807) is 11.1 Å². The predicted octanol–water partition coefficient (Wildman–Crippen LogP) is 12.4. The topological polar surface area (TPSA) is 0 Å². The Bertz CT molecular complexity index is 950. The molecule has 0 unspecified atom stereocenters. The van der Waals surface area contributed by atoms with Crippen molar-refractivity contribution in [3.8, 4) is 0 Å². The lowest BCUT2D eigenvalue weighted by atomic mass is 9.84. The van der Waals surface area contributed by atoms with Crippen LogP contribution in [0.15, 0.2) is 60.7 Å². The molecule has 0 heterocycles. The van der Waals surface area contributed by atoms with Gasteiger partial charge in [0.05, 0.1) is 0 Å². The summed E-state index contributed by atoms with van der Waals surface area (Å²) >= 11 is 0. The molecular weight excluding hydrogens is 456 g/mol. The average Bonchev–Trinajstić information content (AvgIpc) is 2.85. The molecule has 0 aliphatic heterocycles. The zero-order chi connectivity index (χ0) is 29.2. The largest absolute Gasteiger partial charge is 0.0620 e. The number of aryl methyl sites for hydroxylation is 2. The Hall–Kier alpha value is -2.34. The van der Waals surface area contributed by atoms with E-state index in [4.69, 9.17) is 0 Å². The van der Waals surface area contributed by atoms with Gasteiger partial charge in [0, 0.05) is 0 Å². The molecule has 0 saturated heterocycles. The van der Waals surface area contributed by atoms with E-state index in [2.05, 4.69) is 158 Å². The maximum Gasteiger partial charge on any atom is -0.0213 e. The van der Waals surface area contributed by atoms with Crippen LogP contribution in [0.5, 0.6) is 0 Å². The highest BCUT2D eigenvalue weighted by Crippen LogP contribution is 2.31. The first-order valence-corrected chi connectivity index (χ1v) is 15.0. The summed E-state index contributed by atoms with van der Waals surface area (Å²) < 4.78 is 0. The number of hydrogen-bond donors (Lipinski definition) is 0. The monoisotopic (exact) mass is 514 g/mol. The quantitative estimate of drug-likeness (QED) is 0.307. The van der Waals surface area contributed by atoms with E-state index in [0.29, 0.717) is 35.5 Å². The van der Waals surface area contributed by atoms with Crippen LogP contribution in [0.1, 0.15) is 163 Å². The van der Waals surface area contributed by atoms with E-state index in [-0.39, 0.29) is 0 Å². The maximum absolute atomic E-state index is 2.29. The van der Waals surface area contributed by atoms with Crippen LogP contribution < -0.4 is 0 Å². The Labute approximate surface area is 237 Å². The number of hydrogen-bond acceptors (Lipinski definition) is 0. The van der Waals surface area contributed by atoms with Crippen molar-refractivity contribution in [2.75, 3.05) is 0 Å². The third-order valence-corrected chi connectivity index (χ3v) is 7.36. The highest BCUT2D eigenvalue weighted by atomic mass is 14.2. The summed E-state index contributed by atoms with van der Waals surface area (Å²) in [6, 6.07) is 21.9. The van der Waals surface area contributed by atoms with E-state index >= 15 is 0 Å². The van der Waals surface area contributed by atoms with Crippen LogP contribution in [-0.2, 0) is 0 Å². The Morgan fingerprint density at radius 1 is 0.316 bits per heavy atom. The summed E-state index contributed by atoms with van der Waals surface area (Å²) in [4.78, 5) is 0. The van der Waals surface area contributed by atoms with Crippen LogP contribution >= 0.6 is 0 Å². The normalized spacial score (nSPS) is 11.3. The summed E-state index contributed by atoms with van der Waals surface area (Å²) in [5.41, 5.74) is 12.0. The molecule has 38 heavy (non-hydrogen) atoms. The van der Waals surface area contributed by atoms with Crippen molar-refractivity contribution in [3.05, 3.63) is 105 Å². The first kappa shape index (κ1) is 33.7. The number of rotatable bonds is 6. The van der Waals surface area contributed by atoms with Gasteiger partial charge in [0.2, 0.25) is 0 Å². The molecule has 0 spiro atoms. The maximum atomic E-state index is 2.29. The van der Waals surface area contributed by atoms with Crippen molar-refractivity contribution < 1.29 is 0 Å². The van der Waals surface area contributed by atoms with Gasteiger partial charge in [-0.25, -0.2) is 0 Å². The van der Waals surface area contributed by atoms with Crippen LogP contribution in [0, 0.1) is 13.8 Å². The lowest BCUT2D eigenvalue weighted by Gasteiger charge is -2.21. The third kappa shape index (κ3) is 9.76. The van der Waals surface area contributed by atoms with E-state index in [0.717, 1.165) is 0 Å².